The highest BCUT2D eigenvalue weighted by Crippen LogP contribution is 2.09. The second-order valence-electron chi connectivity index (χ2n) is 3.88. The maximum absolute atomic E-state index is 11.0. The average molecular weight is 259 g/mol. The van der Waals surface area contributed by atoms with Gasteiger partial charge in [0.1, 0.15) is 0 Å². The highest BCUT2D eigenvalue weighted by molar-refractivity contribution is 5.89. The Morgan fingerprint density at radius 2 is 2.05 bits per heavy atom. The van der Waals surface area contributed by atoms with Gasteiger partial charge in [-0.3, -0.25) is 20.2 Å². The predicted octanol–water partition coefficient (Wildman–Crippen LogP) is 1.55. The van der Waals surface area contributed by atoms with Gasteiger partial charge in [-0.25, -0.2) is 0 Å². The third kappa shape index (κ3) is 3.51. The van der Waals surface area contributed by atoms with Gasteiger partial charge in [0.15, 0.2) is 0 Å². The standard InChI is InChI=1S/C13H13N3O3/c17-13(16(18)19)4-3-12-2-1-9-15(12)10-11-5-7-14-8-6-11/h1-9,18-19H,10H2. The van der Waals surface area contributed by atoms with E-state index in [0.29, 0.717) is 6.54 Å². The van der Waals surface area contributed by atoms with E-state index >= 15 is 0 Å². The fourth-order valence-corrected chi connectivity index (χ4v) is 1.63. The molecule has 0 radical (unpaired) electrons. The molecule has 0 aliphatic heterocycles. The lowest BCUT2D eigenvalue weighted by molar-refractivity contribution is -0.280. The van der Waals surface area contributed by atoms with Crippen molar-refractivity contribution in [2.45, 2.75) is 6.54 Å². The number of aromatic nitrogens is 2. The molecule has 2 N–H and O–H groups in total. The summed E-state index contributed by atoms with van der Waals surface area (Å²) in [7, 11) is 0. The van der Waals surface area contributed by atoms with E-state index in [1.165, 1.54) is 6.08 Å². The van der Waals surface area contributed by atoms with Gasteiger partial charge in [0, 0.05) is 36.9 Å². The molecule has 2 heterocycles. The lowest BCUT2D eigenvalue weighted by Gasteiger charge is -2.06. The number of hydrogen-bond acceptors (Lipinski definition) is 4. The Labute approximate surface area is 109 Å². The van der Waals surface area contributed by atoms with Crippen molar-refractivity contribution >= 4 is 12.0 Å². The van der Waals surface area contributed by atoms with E-state index < -0.39 is 11.1 Å². The average Bonchev–Trinajstić information content (AvgIpc) is 2.84. The molecule has 6 heteroatoms. The van der Waals surface area contributed by atoms with Crippen LogP contribution < -0.4 is 0 Å². The fourth-order valence-electron chi connectivity index (χ4n) is 1.63. The quantitative estimate of drug-likeness (QED) is 0.496. The molecule has 0 saturated heterocycles. The molecule has 2 aromatic rings. The molecule has 0 spiro atoms. The van der Waals surface area contributed by atoms with Gasteiger partial charge in [-0.1, -0.05) is 5.23 Å². The smallest absolute Gasteiger partial charge is 0.296 e. The summed E-state index contributed by atoms with van der Waals surface area (Å²) in [6, 6.07) is 7.48. The van der Waals surface area contributed by atoms with Crippen LogP contribution in [-0.2, 0) is 11.3 Å². The van der Waals surface area contributed by atoms with Crippen LogP contribution in [0, 0.1) is 0 Å². The van der Waals surface area contributed by atoms with Crippen LogP contribution in [0.25, 0.3) is 6.08 Å². The van der Waals surface area contributed by atoms with Crippen LogP contribution in [0.1, 0.15) is 11.3 Å². The van der Waals surface area contributed by atoms with Gasteiger partial charge in [0.25, 0.3) is 5.91 Å². The zero-order valence-electron chi connectivity index (χ0n) is 10.0. The molecule has 0 saturated carbocycles. The van der Waals surface area contributed by atoms with Crippen LogP contribution in [0.3, 0.4) is 0 Å². The third-order valence-corrected chi connectivity index (χ3v) is 2.56. The molecule has 0 atom stereocenters. The van der Waals surface area contributed by atoms with Crippen LogP contribution >= 0.6 is 0 Å². The monoisotopic (exact) mass is 259 g/mol. The minimum Gasteiger partial charge on any atom is -0.344 e. The topological polar surface area (TPSA) is 78.6 Å². The van der Waals surface area contributed by atoms with Crippen molar-refractivity contribution < 1.29 is 15.2 Å². The van der Waals surface area contributed by atoms with Gasteiger partial charge < -0.3 is 4.57 Å². The number of amides is 1. The highest BCUT2D eigenvalue weighted by atomic mass is 16.8. The number of carbonyl (C=O) groups excluding carboxylic acids is 1. The summed E-state index contributed by atoms with van der Waals surface area (Å²) in [5.74, 6) is -0.906. The summed E-state index contributed by atoms with van der Waals surface area (Å²) in [5.41, 5.74) is 1.87. The first kappa shape index (κ1) is 13.0. The Kier molecular flexibility index (Phi) is 4.07. The fraction of sp³-hybridized carbons (Fsp3) is 0.0769. The van der Waals surface area contributed by atoms with E-state index in [2.05, 4.69) is 4.98 Å². The minimum absolute atomic E-state index is 0.452. The van der Waals surface area contributed by atoms with Gasteiger partial charge in [-0.15, -0.1) is 0 Å². The molecule has 0 aromatic carbocycles. The van der Waals surface area contributed by atoms with Crippen molar-refractivity contribution in [2.75, 3.05) is 0 Å². The van der Waals surface area contributed by atoms with Crippen LogP contribution in [-0.4, -0.2) is 31.1 Å². The molecule has 19 heavy (non-hydrogen) atoms. The number of pyridine rings is 1. The van der Waals surface area contributed by atoms with Crippen LogP contribution in [0.5, 0.6) is 0 Å². The van der Waals surface area contributed by atoms with Crippen LogP contribution in [0.15, 0.2) is 48.9 Å². The van der Waals surface area contributed by atoms with Gasteiger partial charge in [0.2, 0.25) is 0 Å². The Hall–Kier alpha value is -2.44. The number of hydroxylamine groups is 2. The summed E-state index contributed by atoms with van der Waals surface area (Å²) in [6.07, 6.45) is 7.90. The number of rotatable bonds is 4. The molecule has 2 rings (SSSR count). The predicted molar refractivity (Wildman–Crippen MR) is 67.2 cm³/mol. The third-order valence-electron chi connectivity index (χ3n) is 2.56. The molecular weight excluding hydrogens is 246 g/mol. The Morgan fingerprint density at radius 1 is 1.32 bits per heavy atom. The molecule has 0 fully saturated rings. The molecule has 0 aliphatic carbocycles. The second-order valence-corrected chi connectivity index (χ2v) is 3.88. The van der Waals surface area contributed by atoms with Crippen LogP contribution in [0.2, 0.25) is 0 Å². The van der Waals surface area contributed by atoms with Gasteiger partial charge in [-0.05, 0) is 35.9 Å². The van der Waals surface area contributed by atoms with Crippen molar-refractivity contribution in [1.82, 2.24) is 14.8 Å². The zero-order valence-corrected chi connectivity index (χ0v) is 10.0. The molecule has 6 nitrogen and oxygen atoms in total. The lowest BCUT2D eigenvalue weighted by atomic mass is 10.2. The first-order valence-electron chi connectivity index (χ1n) is 5.61. The van der Waals surface area contributed by atoms with E-state index in [1.807, 2.05) is 35.0 Å². The summed E-state index contributed by atoms with van der Waals surface area (Å²) < 4.78 is 1.93. The minimum atomic E-state index is -0.906. The Morgan fingerprint density at radius 3 is 2.74 bits per heavy atom. The summed E-state index contributed by atoms with van der Waals surface area (Å²) in [6.45, 7) is 0.644. The van der Waals surface area contributed by atoms with Gasteiger partial charge in [0.05, 0.1) is 0 Å². The van der Waals surface area contributed by atoms with Crippen molar-refractivity contribution in [3.8, 4) is 0 Å². The van der Waals surface area contributed by atoms with Gasteiger partial charge in [-0.2, -0.15) is 0 Å². The highest BCUT2D eigenvalue weighted by Gasteiger charge is 2.03. The number of nitrogens with zero attached hydrogens (tertiary/aromatic N) is 3. The van der Waals surface area contributed by atoms with Crippen molar-refractivity contribution in [3.63, 3.8) is 0 Å². The zero-order chi connectivity index (χ0) is 13.7. The van der Waals surface area contributed by atoms with E-state index in [0.717, 1.165) is 17.3 Å². The van der Waals surface area contributed by atoms with E-state index in [1.54, 1.807) is 12.4 Å². The SMILES string of the molecule is O=C(C=Cc1cccn1Cc1ccncc1)N(O)O. The molecule has 98 valence electrons. The van der Waals surface area contributed by atoms with E-state index in [9.17, 15) is 4.79 Å². The molecular formula is C13H13N3O3. The summed E-state index contributed by atoms with van der Waals surface area (Å²) in [5, 5.41) is 16.6. The number of hydrogen-bond donors (Lipinski definition) is 2. The molecule has 0 unspecified atom stereocenters. The second kappa shape index (κ2) is 5.94. The maximum Gasteiger partial charge on any atom is 0.296 e. The van der Waals surface area contributed by atoms with E-state index in [4.69, 9.17) is 10.4 Å². The molecule has 0 aliphatic rings. The summed E-state index contributed by atoms with van der Waals surface area (Å²) >= 11 is 0. The lowest BCUT2D eigenvalue weighted by Crippen LogP contribution is -2.20. The van der Waals surface area contributed by atoms with Crippen molar-refractivity contribution in [2.24, 2.45) is 0 Å². The van der Waals surface area contributed by atoms with Gasteiger partial charge >= 0.3 is 0 Å². The molecule has 1 amide bonds. The normalized spacial score (nSPS) is 10.8. The van der Waals surface area contributed by atoms with Crippen molar-refractivity contribution in [3.05, 3.63) is 60.2 Å². The van der Waals surface area contributed by atoms with Crippen molar-refractivity contribution in [1.29, 1.82) is 0 Å². The van der Waals surface area contributed by atoms with Crippen LogP contribution in [0.4, 0.5) is 0 Å². The molecule has 2 aromatic heterocycles. The number of carbonyl (C=O) groups is 1. The van der Waals surface area contributed by atoms with E-state index in [-0.39, 0.29) is 0 Å². The Balaban J connectivity index is 2.12. The summed E-state index contributed by atoms with van der Waals surface area (Å²) in [4.78, 5) is 15.0. The first-order chi connectivity index (χ1) is 9.16. The molecule has 0 bridgehead atoms. The Bertz CT molecular complexity index is 576. The first-order valence-corrected chi connectivity index (χ1v) is 5.61. The maximum atomic E-state index is 11.0. The largest absolute Gasteiger partial charge is 0.344 e.